The minimum absolute atomic E-state index is 0.0735. The van der Waals surface area contributed by atoms with Crippen molar-refractivity contribution in [1.82, 2.24) is 4.90 Å². The summed E-state index contributed by atoms with van der Waals surface area (Å²) in [6.45, 7) is 5.60. The first-order chi connectivity index (χ1) is 11.8. The summed E-state index contributed by atoms with van der Waals surface area (Å²) in [5.41, 5.74) is 8.19. The second-order valence-electron chi connectivity index (χ2n) is 7.18. The van der Waals surface area contributed by atoms with E-state index in [1.54, 1.807) is 4.90 Å². The van der Waals surface area contributed by atoms with E-state index in [1.807, 2.05) is 69.4 Å². The summed E-state index contributed by atoms with van der Waals surface area (Å²) in [6.07, 6.45) is 0. The number of ether oxygens (including phenoxy) is 1. The highest BCUT2D eigenvalue weighted by Gasteiger charge is 2.33. The lowest BCUT2D eigenvalue weighted by molar-refractivity contribution is -0.129. The highest BCUT2D eigenvalue weighted by molar-refractivity contribution is 5.82. The van der Waals surface area contributed by atoms with Crippen LogP contribution in [0, 0.1) is 0 Å². The third-order valence-electron chi connectivity index (χ3n) is 4.30. The number of likely N-dealkylation sites (N-methyl/N-ethyl adjacent to an activating group) is 1. The summed E-state index contributed by atoms with van der Waals surface area (Å²) in [5, 5.41) is 0. The number of anilines is 2. The molecule has 2 aromatic rings. The maximum Gasteiger partial charge on any atom is 0.242 e. The smallest absolute Gasteiger partial charge is 0.242 e. The molecule has 3 rings (SSSR count). The van der Waals surface area contributed by atoms with E-state index in [0.717, 1.165) is 17.0 Å². The van der Waals surface area contributed by atoms with Crippen LogP contribution >= 0.6 is 0 Å². The van der Waals surface area contributed by atoms with Crippen molar-refractivity contribution >= 4 is 17.3 Å². The van der Waals surface area contributed by atoms with Crippen LogP contribution in [0.5, 0.6) is 5.75 Å². The van der Waals surface area contributed by atoms with E-state index in [2.05, 4.69) is 4.90 Å². The van der Waals surface area contributed by atoms with Crippen LogP contribution in [-0.2, 0) is 11.3 Å². The fraction of sp³-hybridized carbons (Fsp3) is 0.350. The molecule has 1 amide bonds. The molecule has 0 unspecified atom stereocenters. The second-order valence-corrected chi connectivity index (χ2v) is 7.18. The van der Waals surface area contributed by atoms with Crippen LogP contribution in [0.25, 0.3) is 0 Å². The van der Waals surface area contributed by atoms with Crippen LogP contribution in [0.3, 0.4) is 0 Å². The predicted molar refractivity (Wildman–Crippen MR) is 101 cm³/mol. The third-order valence-corrected chi connectivity index (χ3v) is 4.30. The first-order valence-electron chi connectivity index (χ1n) is 8.45. The molecule has 0 saturated heterocycles. The number of fused-ring (bicyclic) bond motifs is 1. The van der Waals surface area contributed by atoms with Crippen LogP contribution < -0.4 is 15.4 Å². The van der Waals surface area contributed by atoms with Gasteiger partial charge in [-0.3, -0.25) is 4.79 Å². The lowest BCUT2D eigenvalue weighted by Crippen LogP contribution is -2.50. The molecule has 0 atom stereocenters. The summed E-state index contributed by atoms with van der Waals surface area (Å²) in [6, 6.07) is 15.6. The number of hydrogen-bond acceptors (Lipinski definition) is 4. The third kappa shape index (κ3) is 4.05. The van der Waals surface area contributed by atoms with Gasteiger partial charge in [0.05, 0.1) is 18.8 Å². The van der Waals surface area contributed by atoms with Gasteiger partial charge in [-0.2, -0.15) is 0 Å². The van der Waals surface area contributed by atoms with Gasteiger partial charge in [0.25, 0.3) is 0 Å². The van der Waals surface area contributed by atoms with E-state index in [9.17, 15) is 4.79 Å². The van der Waals surface area contributed by atoms with Gasteiger partial charge in [0.15, 0.2) is 0 Å². The standard InChI is InChI=1S/C20H25N3O2/c1-20(2)14-23(17-10-9-16(21)11-18(17)25-20)13-19(24)22(3)12-15-7-5-4-6-8-15/h4-11H,12-14,21H2,1-3H3. The maximum absolute atomic E-state index is 12.7. The van der Waals surface area contributed by atoms with Crippen molar-refractivity contribution in [3.05, 3.63) is 54.1 Å². The molecule has 0 saturated carbocycles. The van der Waals surface area contributed by atoms with E-state index >= 15 is 0 Å². The number of nitrogens with zero attached hydrogens (tertiary/aromatic N) is 2. The van der Waals surface area contributed by atoms with Crippen molar-refractivity contribution in [2.24, 2.45) is 0 Å². The van der Waals surface area contributed by atoms with Crippen molar-refractivity contribution in [1.29, 1.82) is 0 Å². The maximum atomic E-state index is 12.7. The van der Waals surface area contributed by atoms with Crippen LogP contribution in [0.1, 0.15) is 19.4 Å². The van der Waals surface area contributed by atoms with E-state index in [4.69, 9.17) is 10.5 Å². The highest BCUT2D eigenvalue weighted by Crippen LogP contribution is 2.38. The molecule has 2 N–H and O–H groups in total. The van der Waals surface area contributed by atoms with Crippen LogP contribution in [0.4, 0.5) is 11.4 Å². The van der Waals surface area contributed by atoms with Gasteiger partial charge >= 0.3 is 0 Å². The largest absolute Gasteiger partial charge is 0.484 e. The molecule has 1 heterocycles. The molecule has 0 bridgehead atoms. The number of amides is 1. The van der Waals surface area contributed by atoms with Gasteiger partial charge in [0.2, 0.25) is 5.91 Å². The molecule has 0 fully saturated rings. The SMILES string of the molecule is CN(Cc1ccccc1)C(=O)CN1CC(C)(C)Oc2cc(N)ccc21. The van der Waals surface area contributed by atoms with Crippen molar-refractivity contribution in [2.45, 2.75) is 26.0 Å². The number of carbonyl (C=O) groups excluding carboxylic acids is 1. The minimum atomic E-state index is -0.376. The monoisotopic (exact) mass is 339 g/mol. The molecule has 0 aliphatic carbocycles. The Morgan fingerprint density at radius 3 is 2.68 bits per heavy atom. The first kappa shape index (κ1) is 17.1. The van der Waals surface area contributed by atoms with Gasteiger partial charge in [-0.1, -0.05) is 30.3 Å². The van der Waals surface area contributed by atoms with Gasteiger partial charge in [0, 0.05) is 25.3 Å². The van der Waals surface area contributed by atoms with E-state index in [-0.39, 0.29) is 11.5 Å². The quantitative estimate of drug-likeness (QED) is 0.870. The van der Waals surface area contributed by atoms with Crippen LogP contribution in [0.2, 0.25) is 0 Å². The van der Waals surface area contributed by atoms with Crippen molar-refractivity contribution < 1.29 is 9.53 Å². The number of nitrogen functional groups attached to an aromatic ring is 1. The van der Waals surface area contributed by atoms with Crippen molar-refractivity contribution in [3.63, 3.8) is 0 Å². The highest BCUT2D eigenvalue weighted by atomic mass is 16.5. The van der Waals surface area contributed by atoms with Gasteiger partial charge in [-0.15, -0.1) is 0 Å². The van der Waals surface area contributed by atoms with Gasteiger partial charge in [-0.05, 0) is 31.5 Å². The molecule has 5 heteroatoms. The number of carbonyl (C=O) groups is 1. The molecule has 0 spiro atoms. The number of hydrogen-bond donors (Lipinski definition) is 1. The Bertz CT molecular complexity index is 759. The van der Waals surface area contributed by atoms with Crippen LogP contribution in [-0.4, -0.2) is 36.5 Å². The lowest BCUT2D eigenvalue weighted by atomic mass is 10.0. The molecule has 2 aromatic carbocycles. The molecular formula is C20H25N3O2. The topological polar surface area (TPSA) is 58.8 Å². The molecule has 132 valence electrons. The predicted octanol–water partition coefficient (Wildman–Crippen LogP) is 2.90. The normalized spacial score (nSPS) is 15.2. The van der Waals surface area contributed by atoms with E-state index in [1.165, 1.54) is 0 Å². The zero-order valence-electron chi connectivity index (χ0n) is 15.0. The fourth-order valence-electron chi connectivity index (χ4n) is 3.12. The van der Waals surface area contributed by atoms with E-state index < -0.39 is 0 Å². The second kappa shape index (κ2) is 6.67. The number of benzene rings is 2. The fourth-order valence-corrected chi connectivity index (χ4v) is 3.12. The Hall–Kier alpha value is -2.69. The Labute approximate surface area is 149 Å². The average Bonchev–Trinajstić information content (AvgIpc) is 2.54. The van der Waals surface area contributed by atoms with E-state index in [0.29, 0.717) is 25.3 Å². The number of rotatable bonds is 4. The van der Waals surface area contributed by atoms with Gasteiger partial charge in [0.1, 0.15) is 11.4 Å². The molecule has 0 radical (unpaired) electrons. The Kier molecular flexibility index (Phi) is 4.57. The summed E-state index contributed by atoms with van der Waals surface area (Å²) in [4.78, 5) is 16.6. The van der Waals surface area contributed by atoms with Gasteiger partial charge < -0.3 is 20.3 Å². The Morgan fingerprint density at radius 2 is 1.96 bits per heavy atom. The van der Waals surface area contributed by atoms with Gasteiger partial charge in [-0.25, -0.2) is 0 Å². The summed E-state index contributed by atoms with van der Waals surface area (Å²) in [5.74, 6) is 0.805. The summed E-state index contributed by atoms with van der Waals surface area (Å²) >= 11 is 0. The number of nitrogens with two attached hydrogens (primary N) is 1. The molecular weight excluding hydrogens is 314 g/mol. The zero-order chi connectivity index (χ0) is 18.0. The van der Waals surface area contributed by atoms with Crippen LogP contribution in [0.15, 0.2) is 48.5 Å². The zero-order valence-corrected chi connectivity index (χ0v) is 15.0. The molecule has 5 nitrogen and oxygen atoms in total. The first-order valence-corrected chi connectivity index (χ1v) is 8.45. The molecule has 1 aliphatic heterocycles. The lowest BCUT2D eigenvalue weighted by Gasteiger charge is -2.41. The van der Waals surface area contributed by atoms with Crippen molar-refractivity contribution in [2.75, 3.05) is 30.8 Å². The Balaban J connectivity index is 1.74. The molecule has 0 aromatic heterocycles. The summed E-state index contributed by atoms with van der Waals surface area (Å²) in [7, 11) is 1.84. The molecule has 25 heavy (non-hydrogen) atoms. The Morgan fingerprint density at radius 1 is 1.24 bits per heavy atom. The van der Waals surface area contributed by atoms with Crippen molar-refractivity contribution in [3.8, 4) is 5.75 Å². The molecule has 1 aliphatic rings. The summed E-state index contributed by atoms with van der Waals surface area (Å²) < 4.78 is 6.02. The average molecular weight is 339 g/mol. The minimum Gasteiger partial charge on any atom is -0.484 e.